The monoisotopic (exact) mass is 260 g/mol. The molecule has 1 aliphatic rings. The summed E-state index contributed by atoms with van der Waals surface area (Å²) in [5.41, 5.74) is 0. The topological polar surface area (TPSA) is 32.3 Å². The van der Waals surface area contributed by atoms with Gasteiger partial charge in [-0.15, -0.1) is 0 Å². The van der Waals surface area contributed by atoms with Gasteiger partial charge in [-0.25, -0.2) is 0 Å². The van der Waals surface area contributed by atoms with Gasteiger partial charge >= 0.3 is 0 Å². The lowest BCUT2D eigenvalue weighted by Crippen LogP contribution is -2.57. The van der Waals surface area contributed by atoms with Crippen LogP contribution in [-0.2, 0) is 10.8 Å². The molecule has 1 rings (SSSR count). The van der Waals surface area contributed by atoms with Crippen LogP contribution in [0, 0.1) is 5.92 Å². The summed E-state index contributed by atoms with van der Waals surface area (Å²) < 4.78 is 11.4. The van der Waals surface area contributed by atoms with Gasteiger partial charge in [0.1, 0.15) is 0 Å². The molecular weight excluding hydrogens is 232 g/mol. The molecule has 1 N–H and O–H groups in total. The number of hydrogen-bond donors (Lipinski definition) is 1. The predicted molar refractivity (Wildman–Crippen MR) is 75.8 cm³/mol. The van der Waals surface area contributed by atoms with E-state index in [0.29, 0.717) is 23.3 Å². The molecule has 0 amide bonds. The zero-order chi connectivity index (χ0) is 13.0. The molecule has 4 unspecified atom stereocenters. The van der Waals surface area contributed by atoms with Gasteiger partial charge in [0.15, 0.2) is 0 Å². The molecule has 1 aliphatic heterocycles. The van der Waals surface area contributed by atoms with Crippen LogP contribution >= 0.6 is 0 Å². The van der Waals surface area contributed by atoms with Crippen molar-refractivity contribution in [3.05, 3.63) is 0 Å². The molecular formula is C13H28N2OS. The second-order valence-electron chi connectivity index (χ2n) is 5.70. The van der Waals surface area contributed by atoms with Gasteiger partial charge in [0.05, 0.1) is 0 Å². The molecule has 0 spiro atoms. The Kier molecular flexibility index (Phi) is 6.10. The number of nitrogens with one attached hydrogen (secondary N) is 1. The summed E-state index contributed by atoms with van der Waals surface area (Å²) in [6.07, 6.45) is 2.85. The van der Waals surface area contributed by atoms with Gasteiger partial charge in [-0.1, -0.05) is 20.8 Å². The van der Waals surface area contributed by atoms with E-state index >= 15 is 0 Å². The van der Waals surface area contributed by atoms with Crippen molar-refractivity contribution in [1.82, 2.24) is 10.2 Å². The first-order chi connectivity index (χ1) is 7.91. The van der Waals surface area contributed by atoms with E-state index in [1.54, 1.807) is 0 Å². The highest BCUT2D eigenvalue weighted by Crippen LogP contribution is 2.14. The molecule has 1 fully saturated rings. The summed E-state index contributed by atoms with van der Waals surface area (Å²) in [6, 6.07) is 1.20. The van der Waals surface area contributed by atoms with Crippen LogP contribution in [0.5, 0.6) is 0 Å². The molecule has 0 aromatic rings. The Morgan fingerprint density at radius 3 is 2.59 bits per heavy atom. The van der Waals surface area contributed by atoms with Crippen LogP contribution in [0.2, 0.25) is 0 Å². The Labute approximate surface area is 109 Å². The average molecular weight is 260 g/mol. The fourth-order valence-electron chi connectivity index (χ4n) is 2.22. The highest BCUT2D eigenvalue weighted by Gasteiger charge is 2.26. The van der Waals surface area contributed by atoms with Gasteiger partial charge in [-0.05, 0) is 25.8 Å². The van der Waals surface area contributed by atoms with Crippen LogP contribution in [-0.4, -0.2) is 52.3 Å². The number of hydrogen-bond acceptors (Lipinski definition) is 3. The molecule has 1 heterocycles. The van der Waals surface area contributed by atoms with Crippen LogP contribution in [0.15, 0.2) is 0 Å². The van der Waals surface area contributed by atoms with Crippen molar-refractivity contribution in [3.63, 3.8) is 0 Å². The smallest absolute Gasteiger partial charge is 0.0329 e. The highest BCUT2D eigenvalue weighted by atomic mass is 32.2. The summed E-state index contributed by atoms with van der Waals surface area (Å²) in [7, 11) is -0.686. The highest BCUT2D eigenvalue weighted by molar-refractivity contribution is 7.84. The Balaban J connectivity index is 2.42. The molecule has 4 atom stereocenters. The van der Waals surface area contributed by atoms with Gasteiger partial charge in [0.2, 0.25) is 0 Å². The zero-order valence-electron chi connectivity index (χ0n) is 11.9. The van der Waals surface area contributed by atoms with Crippen molar-refractivity contribution in [2.75, 3.05) is 25.9 Å². The van der Waals surface area contributed by atoms with Crippen molar-refractivity contribution in [2.45, 2.75) is 51.4 Å². The SMILES string of the molecule is CC(C)C1CN(CCC(C)S(C)=O)C(C)CN1. The molecule has 4 heteroatoms. The first-order valence-corrected chi connectivity index (χ1v) is 8.33. The lowest BCUT2D eigenvalue weighted by atomic mass is 9.99. The van der Waals surface area contributed by atoms with E-state index in [9.17, 15) is 4.21 Å². The first-order valence-electron chi connectivity index (χ1n) is 6.71. The minimum Gasteiger partial charge on any atom is -0.311 e. The van der Waals surface area contributed by atoms with Crippen molar-refractivity contribution < 1.29 is 4.21 Å². The molecule has 0 aliphatic carbocycles. The minimum atomic E-state index is -0.686. The molecule has 0 bridgehead atoms. The number of piperazine rings is 1. The quantitative estimate of drug-likeness (QED) is 0.812. The van der Waals surface area contributed by atoms with E-state index in [2.05, 4.69) is 37.9 Å². The van der Waals surface area contributed by atoms with Crippen LogP contribution in [0.4, 0.5) is 0 Å². The van der Waals surface area contributed by atoms with Crippen LogP contribution in [0.3, 0.4) is 0 Å². The second kappa shape index (κ2) is 6.86. The van der Waals surface area contributed by atoms with Crippen molar-refractivity contribution >= 4 is 10.8 Å². The van der Waals surface area contributed by atoms with Gasteiger partial charge in [-0.3, -0.25) is 9.11 Å². The standard InChI is InChI=1S/C13H28N2OS/c1-10(2)13-9-15(11(3)8-14-13)7-6-12(4)17(5)16/h10-14H,6-9H2,1-5H3. The summed E-state index contributed by atoms with van der Waals surface area (Å²) in [5.74, 6) is 0.683. The second-order valence-corrected chi connectivity index (χ2v) is 7.50. The maximum atomic E-state index is 11.4. The molecule has 0 radical (unpaired) electrons. The van der Waals surface area contributed by atoms with Gasteiger partial charge in [-0.2, -0.15) is 0 Å². The van der Waals surface area contributed by atoms with Gasteiger partial charge in [0.25, 0.3) is 0 Å². The minimum absolute atomic E-state index is 0.314. The Bertz CT molecular complexity index is 258. The third-order valence-corrected chi connectivity index (χ3v) is 5.29. The molecule has 17 heavy (non-hydrogen) atoms. The zero-order valence-corrected chi connectivity index (χ0v) is 12.7. The summed E-state index contributed by atoms with van der Waals surface area (Å²) in [4.78, 5) is 2.55. The third-order valence-electron chi connectivity index (χ3n) is 3.92. The van der Waals surface area contributed by atoms with Gasteiger partial charge < -0.3 is 5.32 Å². The first kappa shape index (κ1) is 15.1. The van der Waals surface area contributed by atoms with Crippen LogP contribution in [0.25, 0.3) is 0 Å². The fraction of sp³-hybridized carbons (Fsp3) is 1.00. The molecule has 0 aromatic heterocycles. The van der Waals surface area contributed by atoms with Crippen LogP contribution in [0.1, 0.15) is 34.1 Å². The lowest BCUT2D eigenvalue weighted by Gasteiger charge is -2.40. The summed E-state index contributed by atoms with van der Waals surface area (Å²) in [5, 5.41) is 3.92. The molecule has 3 nitrogen and oxygen atoms in total. The maximum absolute atomic E-state index is 11.4. The number of nitrogens with zero attached hydrogens (tertiary/aromatic N) is 1. The van der Waals surface area contributed by atoms with E-state index in [-0.39, 0.29) is 0 Å². The Hall–Kier alpha value is 0.0700. The van der Waals surface area contributed by atoms with Gasteiger partial charge in [0, 0.05) is 47.5 Å². The van der Waals surface area contributed by atoms with E-state index in [0.717, 1.165) is 26.1 Å². The number of rotatable bonds is 5. The summed E-state index contributed by atoms with van der Waals surface area (Å²) in [6.45, 7) is 12.2. The fourth-order valence-corrected chi connectivity index (χ4v) is 2.66. The predicted octanol–water partition coefficient (Wildman–Crippen LogP) is 1.46. The van der Waals surface area contributed by atoms with E-state index in [1.807, 2.05) is 6.26 Å². The largest absolute Gasteiger partial charge is 0.311 e. The maximum Gasteiger partial charge on any atom is 0.0329 e. The Morgan fingerprint density at radius 1 is 1.41 bits per heavy atom. The van der Waals surface area contributed by atoms with E-state index in [1.165, 1.54) is 0 Å². The molecule has 102 valence electrons. The third kappa shape index (κ3) is 4.68. The van der Waals surface area contributed by atoms with Crippen molar-refractivity contribution in [3.8, 4) is 0 Å². The molecule has 0 saturated carbocycles. The van der Waals surface area contributed by atoms with Crippen molar-refractivity contribution in [1.29, 1.82) is 0 Å². The van der Waals surface area contributed by atoms with E-state index in [4.69, 9.17) is 0 Å². The molecule has 0 aromatic carbocycles. The normalized spacial score (nSPS) is 30.5. The lowest BCUT2D eigenvalue weighted by molar-refractivity contribution is 0.122. The molecule has 1 saturated heterocycles. The van der Waals surface area contributed by atoms with E-state index < -0.39 is 10.8 Å². The average Bonchev–Trinajstić information content (AvgIpc) is 2.26. The van der Waals surface area contributed by atoms with Crippen molar-refractivity contribution in [2.24, 2.45) is 5.92 Å². The Morgan fingerprint density at radius 2 is 2.06 bits per heavy atom. The van der Waals surface area contributed by atoms with Crippen LogP contribution < -0.4 is 5.32 Å². The summed E-state index contributed by atoms with van der Waals surface area (Å²) >= 11 is 0.